The van der Waals surface area contributed by atoms with Crippen molar-refractivity contribution in [3.05, 3.63) is 162 Å². The Morgan fingerprint density at radius 3 is 1.61 bits per heavy atom. The molecule has 6 aliphatic heterocycles. The van der Waals surface area contributed by atoms with Gasteiger partial charge in [0, 0.05) is 103 Å². The molecule has 6 aliphatic rings. The summed E-state index contributed by atoms with van der Waals surface area (Å²) in [5, 5.41) is 10.8. The zero-order chi connectivity index (χ0) is 72.3. The lowest BCUT2D eigenvalue weighted by Crippen LogP contribution is -2.47. The first-order valence-corrected chi connectivity index (χ1v) is 36.1. The van der Waals surface area contributed by atoms with Crippen molar-refractivity contribution in [2.45, 2.75) is 161 Å². The first-order chi connectivity index (χ1) is 48.8. The van der Waals surface area contributed by atoms with E-state index in [0.29, 0.717) is 123 Å². The summed E-state index contributed by atoms with van der Waals surface area (Å²) in [4.78, 5) is 84.5. The largest absolute Gasteiger partial charge is 0.573 e. The molecule has 0 spiro atoms. The number of aryl methyl sites for hydroxylation is 1. The van der Waals surface area contributed by atoms with E-state index in [1.165, 1.54) is 35.9 Å². The predicted octanol–water partition coefficient (Wildman–Crippen LogP) is 11.8. The number of anilines is 2. The zero-order valence-electron chi connectivity index (χ0n) is 59.1. The third kappa shape index (κ3) is 17.3. The molecule has 4 unspecified atom stereocenters. The van der Waals surface area contributed by atoms with Crippen LogP contribution >= 0.6 is 0 Å². The van der Waals surface area contributed by atoms with Crippen LogP contribution in [0.3, 0.4) is 0 Å². The average Bonchev–Trinajstić information content (AvgIpc) is 0.784. The number of carbonyl (C=O) groups excluding carboxylic acids is 4. The highest BCUT2D eigenvalue weighted by atomic mass is 19.4. The Morgan fingerprint density at radius 1 is 0.529 bits per heavy atom. The van der Waals surface area contributed by atoms with Crippen molar-refractivity contribution in [2.75, 3.05) is 83.2 Å². The number of rotatable bonds is 22. The minimum absolute atomic E-state index is 0.0151. The Morgan fingerprint density at radius 2 is 1.06 bits per heavy atom. The van der Waals surface area contributed by atoms with E-state index in [-0.39, 0.29) is 96.5 Å². The molecular weight excluding hydrogens is 1320 g/mol. The second-order valence-corrected chi connectivity index (χ2v) is 29.3. The highest BCUT2D eigenvalue weighted by Gasteiger charge is 2.37. The molecule has 24 heteroatoms. The van der Waals surface area contributed by atoms with Gasteiger partial charge in [-0.2, -0.15) is 0 Å². The minimum Gasteiger partial charge on any atom is -0.496 e. The molecule has 8 heterocycles. The summed E-state index contributed by atoms with van der Waals surface area (Å²) in [5.41, 5.74) is 7.41. The first-order valence-electron chi connectivity index (χ1n) is 36.1. The van der Waals surface area contributed by atoms with E-state index in [2.05, 4.69) is 40.9 Å². The van der Waals surface area contributed by atoms with E-state index in [1.54, 1.807) is 74.3 Å². The normalized spacial score (nSPS) is 21.3. The summed E-state index contributed by atoms with van der Waals surface area (Å²) < 4.78 is 105. The Hall–Kier alpha value is -8.32. The molecule has 2 aromatic heterocycles. The fourth-order valence-corrected chi connectivity index (χ4v) is 16.4. The Balaban J connectivity index is 0.705. The SMILES string of the molecule is COc1cc(-c2cn(C)c(=O)c(C)c2C)cc(F)c1CN1CCC(CCN2CCC(c3ccc(NC4CCC(=O)NC4=O)cc3F)CC2)C(Cn2cc(-c3ccc(CN4CCC(CCN5CCC(c6ccc(NC7CCC(=O)NC7=O)cc6F)CC5)CC4)c(OC(F)(F)F)c3)c(C)c(C)c2=O)C1. The molecule has 0 radical (unpaired) electrons. The van der Waals surface area contributed by atoms with E-state index >= 15 is 13.2 Å². The molecule has 546 valence electrons. The number of pyridine rings is 2. The van der Waals surface area contributed by atoms with Crippen molar-refractivity contribution in [2.24, 2.45) is 24.8 Å². The molecule has 18 nitrogen and oxygen atoms in total. The number of nitrogens with zero attached hydrogens (tertiary/aromatic N) is 6. The first kappa shape index (κ1) is 73.4. The molecule has 6 fully saturated rings. The maximum Gasteiger partial charge on any atom is 0.573 e. The highest BCUT2D eigenvalue weighted by Crippen LogP contribution is 2.40. The van der Waals surface area contributed by atoms with Crippen molar-refractivity contribution in [3.63, 3.8) is 0 Å². The van der Waals surface area contributed by atoms with Crippen LogP contribution in [0.15, 0.2) is 88.7 Å². The van der Waals surface area contributed by atoms with Crippen LogP contribution in [0.25, 0.3) is 22.3 Å². The molecule has 6 saturated heterocycles. The van der Waals surface area contributed by atoms with Crippen LogP contribution in [-0.2, 0) is 45.9 Å². The quantitative estimate of drug-likeness (QED) is 0.0371. The lowest BCUT2D eigenvalue weighted by atomic mass is 9.82. The number of amides is 4. The summed E-state index contributed by atoms with van der Waals surface area (Å²) in [5.74, 6) is -2.08. The molecule has 0 saturated carbocycles. The topological polar surface area (TPSA) is 192 Å². The van der Waals surface area contributed by atoms with Crippen LogP contribution in [-0.4, -0.2) is 143 Å². The number of benzene rings is 4. The molecule has 0 bridgehead atoms. The average molecular weight is 1410 g/mol. The van der Waals surface area contributed by atoms with Crippen LogP contribution < -0.4 is 41.9 Å². The number of nitrogens with one attached hydrogen (secondary N) is 4. The second-order valence-electron chi connectivity index (χ2n) is 29.3. The number of alkyl halides is 3. The van der Waals surface area contributed by atoms with Crippen LogP contribution in [0, 0.1) is 62.9 Å². The van der Waals surface area contributed by atoms with E-state index < -0.39 is 36.1 Å². The molecule has 4 N–H and O–H groups in total. The lowest BCUT2D eigenvalue weighted by Gasteiger charge is -2.40. The van der Waals surface area contributed by atoms with Crippen LogP contribution in [0.4, 0.5) is 37.7 Å². The van der Waals surface area contributed by atoms with Gasteiger partial charge in [-0.3, -0.25) is 49.2 Å². The standard InChI is InChI=1S/C78H94F6N10O8/c1-46-48(3)76(99)89(5)43-62(46)56-35-65(79)64(71(37-56)101-6)44-93-34-21-51(20-29-91-32-24-53(25-33-91)61-12-10-59(39-67(61)81)86-69-14-16-73(96)88-75(69)98)57(41-93)42-94-45-63(47(2)49(4)77(94)100)54-7-8-55(70(36-54)102-78(82,83)84)40-92-27-18-50(19-28-92)17-26-90-30-22-52(23-31-90)60-11-9-58(38-66(60)80)85-68-13-15-72(95)87-74(68)97/h7-12,35-39,43,45,50-53,57,68-69,85-86H,13-34,40-42,44H2,1-6H3,(H,87,95,97)(H,88,96,98). The van der Waals surface area contributed by atoms with E-state index in [4.69, 9.17) is 9.47 Å². The monoisotopic (exact) mass is 1410 g/mol. The fraction of sp³-hybridized carbons (Fsp3) is 0.513. The second kappa shape index (κ2) is 31.7. The molecule has 4 atom stereocenters. The zero-order valence-corrected chi connectivity index (χ0v) is 59.1. The van der Waals surface area contributed by atoms with Gasteiger partial charge >= 0.3 is 6.36 Å². The van der Waals surface area contributed by atoms with Gasteiger partial charge in [0.05, 0.1) is 7.11 Å². The van der Waals surface area contributed by atoms with Gasteiger partial charge in [-0.1, -0.05) is 24.3 Å². The van der Waals surface area contributed by atoms with Gasteiger partial charge in [0.25, 0.3) is 11.1 Å². The summed E-state index contributed by atoms with van der Waals surface area (Å²) >= 11 is 0. The molecule has 102 heavy (non-hydrogen) atoms. The number of hydrogen-bond donors (Lipinski definition) is 4. The van der Waals surface area contributed by atoms with Gasteiger partial charge in [-0.25, -0.2) is 13.2 Å². The molecular formula is C78H94F6N10O8. The number of likely N-dealkylation sites (tertiary alicyclic amines) is 4. The van der Waals surface area contributed by atoms with Crippen molar-refractivity contribution in [1.82, 2.24) is 39.4 Å². The number of ether oxygens (including phenoxy) is 2. The van der Waals surface area contributed by atoms with E-state index in [1.807, 2.05) is 19.9 Å². The molecule has 6 aromatic rings. The number of carbonyl (C=O) groups is 4. The maximum atomic E-state index is 16.7. The Kier molecular flexibility index (Phi) is 22.8. The molecule has 0 aliphatic carbocycles. The molecule has 4 aromatic carbocycles. The third-order valence-electron chi connectivity index (χ3n) is 22.8. The summed E-state index contributed by atoms with van der Waals surface area (Å²) in [6.45, 7) is 15.2. The molecule has 12 rings (SSSR count). The van der Waals surface area contributed by atoms with Crippen molar-refractivity contribution in [1.29, 1.82) is 0 Å². The lowest BCUT2D eigenvalue weighted by molar-refractivity contribution is -0.275. The third-order valence-corrected chi connectivity index (χ3v) is 22.8. The van der Waals surface area contributed by atoms with Gasteiger partial charge < -0.3 is 39.0 Å². The maximum absolute atomic E-state index is 16.7. The summed E-state index contributed by atoms with van der Waals surface area (Å²) in [7, 11) is 3.17. The fourth-order valence-electron chi connectivity index (χ4n) is 16.4. The van der Waals surface area contributed by atoms with E-state index in [0.717, 1.165) is 103 Å². The minimum atomic E-state index is -4.98. The van der Waals surface area contributed by atoms with Crippen molar-refractivity contribution >= 4 is 35.0 Å². The van der Waals surface area contributed by atoms with Gasteiger partial charge in [-0.15, -0.1) is 13.2 Å². The number of imide groups is 2. The number of piperidine rings is 6. The smallest absolute Gasteiger partial charge is 0.496 e. The summed E-state index contributed by atoms with van der Waals surface area (Å²) in [6.07, 6.45) is 6.94. The highest BCUT2D eigenvalue weighted by molar-refractivity contribution is 6.02. The van der Waals surface area contributed by atoms with Crippen molar-refractivity contribution in [3.8, 4) is 33.8 Å². The Labute approximate surface area is 591 Å². The van der Waals surface area contributed by atoms with Gasteiger partial charge in [0.1, 0.15) is 41.0 Å². The van der Waals surface area contributed by atoms with E-state index in [9.17, 15) is 41.9 Å². The van der Waals surface area contributed by atoms with Crippen LogP contribution in [0.1, 0.15) is 140 Å². The number of methoxy groups -OCH3 is 1. The molecule has 4 amide bonds. The van der Waals surface area contributed by atoms with Crippen molar-refractivity contribution < 1.29 is 55.0 Å². The van der Waals surface area contributed by atoms with Gasteiger partial charge in [0.2, 0.25) is 23.6 Å². The number of aromatic nitrogens is 2. The van der Waals surface area contributed by atoms with Gasteiger partial charge in [-0.05, 0) is 263 Å². The van der Waals surface area contributed by atoms with Gasteiger partial charge in [0.15, 0.2) is 0 Å². The van der Waals surface area contributed by atoms with Crippen LogP contribution in [0.5, 0.6) is 11.5 Å². The Bertz CT molecular complexity index is 4230. The number of halogens is 6. The van der Waals surface area contributed by atoms with Crippen LogP contribution in [0.2, 0.25) is 0 Å². The number of hydrogen-bond acceptors (Lipinski definition) is 14. The predicted molar refractivity (Wildman–Crippen MR) is 379 cm³/mol. The summed E-state index contributed by atoms with van der Waals surface area (Å²) in [6, 6.07) is 17.0.